The van der Waals surface area contributed by atoms with E-state index in [1.807, 2.05) is 36.6 Å². The minimum atomic E-state index is -0.970. The summed E-state index contributed by atoms with van der Waals surface area (Å²) in [5.74, 6) is -1.27. The van der Waals surface area contributed by atoms with Crippen molar-refractivity contribution >= 4 is 33.4 Å². The Bertz CT molecular complexity index is 1040. The topological polar surface area (TPSA) is 101 Å². The second-order valence-corrected chi connectivity index (χ2v) is 7.04. The zero-order valence-corrected chi connectivity index (χ0v) is 15.6. The number of fused-ring (bicyclic) bond motifs is 1. The fourth-order valence-corrected chi connectivity index (χ4v) is 3.60. The molecule has 1 amide bonds. The van der Waals surface area contributed by atoms with Gasteiger partial charge in [-0.1, -0.05) is 29.8 Å². The number of aryl methyl sites for hydroxylation is 2. The number of carboxylic acid groups (broad SMARTS) is 1. The van der Waals surface area contributed by atoms with E-state index in [-0.39, 0.29) is 37.4 Å². The number of nitrogens with one attached hydrogen (secondary N) is 1. The zero-order chi connectivity index (χ0) is 19.4. The van der Waals surface area contributed by atoms with Gasteiger partial charge in [0.25, 0.3) is 5.56 Å². The number of nitrogens with zero attached hydrogens (tertiary/aromatic N) is 2. The summed E-state index contributed by atoms with van der Waals surface area (Å²) in [6.07, 6.45) is 1.40. The van der Waals surface area contributed by atoms with Crippen molar-refractivity contribution in [1.82, 2.24) is 14.9 Å². The maximum absolute atomic E-state index is 12.9. The molecule has 2 heterocycles. The molecule has 0 bridgehead atoms. The lowest BCUT2D eigenvalue weighted by molar-refractivity contribution is -0.136. The predicted octanol–water partition coefficient (Wildman–Crippen LogP) is 2.41. The average molecular weight is 385 g/mol. The van der Waals surface area contributed by atoms with E-state index in [2.05, 4.69) is 10.3 Å². The van der Waals surface area contributed by atoms with Crippen molar-refractivity contribution in [2.24, 2.45) is 0 Å². The van der Waals surface area contributed by atoms with Crippen LogP contribution in [-0.2, 0) is 16.1 Å². The molecule has 0 unspecified atom stereocenters. The second kappa shape index (κ2) is 8.13. The highest BCUT2D eigenvalue weighted by atomic mass is 32.1. The number of carbonyl (C=O) groups is 2. The minimum Gasteiger partial charge on any atom is -0.481 e. The Kier molecular flexibility index (Phi) is 5.66. The van der Waals surface area contributed by atoms with E-state index in [1.54, 1.807) is 0 Å². The van der Waals surface area contributed by atoms with Gasteiger partial charge in [-0.3, -0.25) is 19.0 Å². The number of thiophene rings is 1. The van der Waals surface area contributed by atoms with Crippen molar-refractivity contribution in [2.45, 2.75) is 26.3 Å². The molecule has 3 rings (SSSR count). The van der Waals surface area contributed by atoms with Gasteiger partial charge in [0.1, 0.15) is 4.83 Å². The third kappa shape index (κ3) is 4.40. The Morgan fingerprint density at radius 3 is 2.67 bits per heavy atom. The molecule has 0 saturated heterocycles. The highest BCUT2D eigenvalue weighted by molar-refractivity contribution is 7.17. The van der Waals surface area contributed by atoms with Crippen molar-refractivity contribution in [2.75, 3.05) is 6.54 Å². The van der Waals surface area contributed by atoms with Crippen LogP contribution in [0.3, 0.4) is 0 Å². The Labute approximate surface area is 159 Å². The number of carboxylic acids is 1. The lowest BCUT2D eigenvalue weighted by atomic mass is 10.1. The summed E-state index contributed by atoms with van der Waals surface area (Å²) >= 11 is 1.41. The monoisotopic (exact) mass is 385 g/mol. The van der Waals surface area contributed by atoms with E-state index in [0.717, 1.165) is 16.7 Å². The predicted molar refractivity (Wildman–Crippen MR) is 104 cm³/mol. The SMILES string of the molecule is Cc1ccc(-c2csc3ncn(CCC(=O)NCCC(=O)O)c(=O)c23)cc1. The number of rotatable bonds is 7. The van der Waals surface area contributed by atoms with Gasteiger partial charge in [-0.25, -0.2) is 4.98 Å². The molecule has 3 aromatic rings. The van der Waals surface area contributed by atoms with Crippen LogP contribution in [0.15, 0.2) is 40.8 Å². The third-order valence-electron chi connectivity index (χ3n) is 4.16. The van der Waals surface area contributed by atoms with E-state index in [4.69, 9.17) is 5.11 Å². The first kappa shape index (κ1) is 18.8. The number of carbonyl (C=O) groups excluding carboxylic acids is 1. The number of aromatic nitrogens is 2. The molecule has 140 valence electrons. The molecule has 8 heteroatoms. The lowest BCUT2D eigenvalue weighted by Crippen LogP contribution is -2.29. The van der Waals surface area contributed by atoms with Crippen LogP contribution in [0.2, 0.25) is 0 Å². The quantitative estimate of drug-likeness (QED) is 0.650. The Morgan fingerprint density at radius 1 is 1.22 bits per heavy atom. The van der Waals surface area contributed by atoms with Crippen molar-refractivity contribution in [3.63, 3.8) is 0 Å². The Hall–Kier alpha value is -3.00. The van der Waals surface area contributed by atoms with Crippen molar-refractivity contribution in [1.29, 1.82) is 0 Å². The largest absolute Gasteiger partial charge is 0.481 e. The summed E-state index contributed by atoms with van der Waals surface area (Å²) in [6, 6.07) is 7.94. The first-order valence-corrected chi connectivity index (χ1v) is 9.36. The molecule has 0 fully saturated rings. The van der Waals surface area contributed by atoms with Crippen LogP contribution in [0, 0.1) is 6.92 Å². The zero-order valence-electron chi connectivity index (χ0n) is 14.8. The molecule has 0 atom stereocenters. The minimum absolute atomic E-state index is 0.0719. The van der Waals surface area contributed by atoms with Gasteiger partial charge in [0, 0.05) is 30.5 Å². The number of amides is 1. The Balaban J connectivity index is 1.79. The summed E-state index contributed by atoms with van der Waals surface area (Å²) in [4.78, 5) is 40.2. The molecule has 0 aliphatic rings. The molecule has 1 aromatic carbocycles. The summed E-state index contributed by atoms with van der Waals surface area (Å²) in [7, 11) is 0. The van der Waals surface area contributed by atoms with Gasteiger partial charge in [-0.15, -0.1) is 11.3 Å². The smallest absolute Gasteiger partial charge is 0.305 e. The van der Waals surface area contributed by atoms with Crippen molar-refractivity contribution in [3.8, 4) is 11.1 Å². The van der Waals surface area contributed by atoms with Crippen LogP contribution in [0.1, 0.15) is 18.4 Å². The van der Waals surface area contributed by atoms with E-state index in [1.165, 1.54) is 22.2 Å². The van der Waals surface area contributed by atoms with Gasteiger partial charge >= 0.3 is 5.97 Å². The molecule has 2 N–H and O–H groups in total. The highest BCUT2D eigenvalue weighted by Gasteiger charge is 2.14. The second-order valence-electron chi connectivity index (χ2n) is 6.18. The van der Waals surface area contributed by atoms with Crippen LogP contribution >= 0.6 is 11.3 Å². The van der Waals surface area contributed by atoms with E-state index in [0.29, 0.717) is 10.2 Å². The molecule has 7 nitrogen and oxygen atoms in total. The lowest BCUT2D eigenvalue weighted by Gasteiger charge is -2.07. The molecule has 27 heavy (non-hydrogen) atoms. The van der Waals surface area contributed by atoms with Crippen LogP contribution in [0.4, 0.5) is 0 Å². The molecular weight excluding hydrogens is 366 g/mol. The average Bonchev–Trinajstić information content (AvgIpc) is 3.06. The third-order valence-corrected chi connectivity index (χ3v) is 5.05. The maximum Gasteiger partial charge on any atom is 0.305 e. The van der Waals surface area contributed by atoms with E-state index < -0.39 is 5.97 Å². The maximum atomic E-state index is 12.9. The number of hydrogen-bond acceptors (Lipinski definition) is 5. The normalized spacial score (nSPS) is 10.9. The van der Waals surface area contributed by atoms with E-state index >= 15 is 0 Å². The van der Waals surface area contributed by atoms with Gasteiger partial charge < -0.3 is 10.4 Å². The summed E-state index contributed by atoms with van der Waals surface area (Å²) < 4.78 is 1.42. The Morgan fingerprint density at radius 2 is 1.96 bits per heavy atom. The van der Waals surface area contributed by atoms with Gasteiger partial charge in [0.15, 0.2) is 0 Å². The number of aliphatic carboxylic acids is 1. The van der Waals surface area contributed by atoms with Crippen LogP contribution in [-0.4, -0.2) is 33.1 Å². The van der Waals surface area contributed by atoms with Gasteiger partial charge in [-0.2, -0.15) is 0 Å². The van der Waals surface area contributed by atoms with Crippen molar-refractivity contribution < 1.29 is 14.7 Å². The fourth-order valence-electron chi connectivity index (χ4n) is 2.69. The molecule has 0 aliphatic heterocycles. The molecular formula is C19H19N3O4S. The summed E-state index contributed by atoms with van der Waals surface area (Å²) in [5.41, 5.74) is 2.75. The number of hydrogen-bond donors (Lipinski definition) is 2. The van der Waals surface area contributed by atoms with Crippen LogP contribution < -0.4 is 10.9 Å². The summed E-state index contributed by atoms with van der Waals surface area (Å²) in [5, 5.41) is 13.6. The highest BCUT2D eigenvalue weighted by Crippen LogP contribution is 2.30. The molecule has 0 saturated carbocycles. The van der Waals surface area contributed by atoms with Gasteiger partial charge in [0.05, 0.1) is 18.1 Å². The molecule has 0 spiro atoms. The molecule has 0 aliphatic carbocycles. The fraction of sp³-hybridized carbons (Fsp3) is 0.263. The van der Waals surface area contributed by atoms with Crippen LogP contribution in [0.25, 0.3) is 21.3 Å². The van der Waals surface area contributed by atoms with Gasteiger partial charge in [-0.05, 0) is 12.5 Å². The van der Waals surface area contributed by atoms with E-state index in [9.17, 15) is 14.4 Å². The number of benzene rings is 1. The van der Waals surface area contributed by atoms with Crippen molar-refractivity contribution in [3.05, 3.63) is 51.9 Å². The molecule has 0 radical (unpaired) electrons. The van der Waals surface area contributed by atoms with Crippen LogP contribution in [0.5, 0.6) is 0 Å². The standard InChI is InChI=1S/C19H19N3O4S/c1-12-2-4-13(5-3-12)14-10-27-18-17(14)19(26)22(11-21-18)9-7-15(23)20-8-6-16(24)25/h2-5,10-11H,6-9H2,1H3,(H,20,23)(H,24,25). The van der Waals surface area contributed by atoms with Gasteiger partial charge in [0.2, 0.25) is 5.91 Å². The first-order valence-electron chi connectivity index (χ1n) is 8.48. The first-order chi connectivity index (χ1) is 13.0. The molecule has 2 aromatic heterocycles. The summed E-state index contributed by atoms with van der Waals surface area (Å²) in [6.45, 7) is 2.26.